The van der Waals surface area contributed by atoms with E-state index in [1.165, 1.54) is 6.42 Å². The van der Waals surface area contributed by atoms with Crippen molar-refractivity contribution in [2.45, 2.75) is 51.4 Å². The number of imidazole rings is 1. The van der Waals surface area contributed by atoms with Crippen LogP contribution in [0.25, 0.3) is 16.9 Å². The van der Waals surface area contributed by atoms with Gasteiger partial charge >= 0.3 is 0 Å². The fraction of sp³-hybridized carbons (Fsp3) is 0.400. The Bertz CT molecular complexity index is 1140. The van der Waals surface area contributed by atoms with Gasteiger partial charge in [0.2, 0.25) is 5.92 Å². The summed E-state index contributed by atoms with van der Waals surface area (Å²) in [7, 11) is 1.57. The number of fused-ring (bicyclic) bond motifs is 1. The van der Waals surface area contributed by atoms with E-state index >= 15 is 0 Å². The van der Waals surface area contributed by atoms with Crippen LogP contribution in [0.5, 0.6) is 0 Å². The molecule has 0 bridgehead atoms. The van der Waals surface area contributed by atoms with Crippen LogP contribution < -0.4 is 0 Å². The summed E-state index contributed by atoms with van der Waals surface area (Å²) in [5.74, 6) is -2.58. The number of nitrogens with zero attached hydrogens (tertiary/aromatic N) is 3. The highest BCUT2D eigenvalue weighted by Gasteiger charge is 2.26. The Morgan fingerprint density at radius 3 is 2.78 bits per heavy atom. The van der Waals surface area contributed by atoms with Crippen molar-refractivity contribution < 1.29 is 18.4 Å². The summed E-state index contributed by atoms with van der Waals surface area (Å²) in [6.45, 7) is 0.841. The maximum Gasteiger partial charge on any atom is 0.245 e. The summed E-state index contributed by atoms with van der Waals surface area (Å²) in [6, 6.07) is 11.6. The molecule has 0 spiro atoms. The minimum absolute atomic E-state index is 0.127. The summed E-state index contributed by atoms with van der Waals surface area (Å²) < 4.78 is 28.1. The van der Waals surface area contributed by atoms with Crippen LogP contribution in [0.3, 0.4) is 0 Å². The van der Waals surface area contributed by atoms with Crippen LogP contribution >= 0.6 is 0 Å². The van der Waals surface area contributed by atoms with Gasteiger partial charge in [-0.15, -0.1) is 0 Å². The van der Waals surface area contributed by atoms with Crippen molar-refractivity contribution >= 4 is 17.1 Å². The largest absolute Gasteiger partial charge is 0.399 e. The maximum atomic E-state index is 13.0. The Balaban J connectivity index is 1.56. The SMILES string of the molecule is CON=C(c1ccn2c(-c3cccc(CC(=O)CCC(C)(F)F)c3)cnc2c1)C1CCC1. The molecule has 168 valence electrons. The van der Waals surface area contributed by atoms with Crippen molar-refractivity contribution in [2.24, 2.45) is 11.1 Å². The molecule has 0 radical (unpaired) electrons. The monoisotopic (exact) mass is 439 g/mol. The molecule has 2 aromatic heterocycles. The average Bonchev–Trinajstić information content (AvgIpc) is 3.14. The fourth-order valence-electron chi connectivity index (χ4n) is 4.01. The highest BCUT2D eigenvalue weighted by Crippen LogP contribution is 2.31. The molecular weight excluding hydrogens is 412 g/mol. The molecular formula is C25H27F2N3O2. The highest BCUT2D eigenvalue weighted by atomic mass is 19.3. The van der Waals surface area contributed by atoms with Crippen molar-refractivity contribution in [3.63, 3.8) is 0 Å². The van der Waals surface area contributed by atoms with E-state index in [2.05, 4.69) is 10.1 Å². The van der Waals surface area contributed by atoms with Gasteiger partial charge in [-0.25, -0.2) is 13.8 Å². The maximum absolute atomic E-state index is 13.0. The minimum Gasteiger partial charge on any atom is -0.399 e. The van der Waals surface area contributed by atoms with E-state index in [0.29, 0.717) is 5.92 Å². The van der Waals surface area contributed by atoms with Gasteiger partial charge in [0.15, 0.2) is 0 Å². The van der Waals surface area contributed by atoms with Crippen LogP contribution in [0, 0.1) is 5.92 Å². The van der Waals surface area contributed by atoms with Gasteiger partial charge in [-0.1, -0.05) is 29.8 Å². The summed E-state index contributed by atoms with van der Waals surface area (Å²) >= 11 is 0. The topological polar surface area (TPSA) is 56.0 Å². The minimum atomic E-state index is -2.82. The number of Topliss-reactive ketones (excluding diaryl/α,β-unsaturated/α-hetero) is 1. The zero-order valence-electron chi connectivity index (χ0n) is 18.4. The second-order valence-electron chi connectivity index (χ2n) is 8.56. The van der Waals surface area contributed by atoms with E-state index in [9.17, 15) is 13.6 Å². The zero-order chi connectivity index (χ0) is 22.7. The first-order chi connectivity index (χ1) is 15.3. The van der Waals surface area contributed by atoms with Gasteiger partial charge in [-0.05, 0) is 43.5 Å². The molecule has 4 rings (SSSR count). The number of hydrogen-bond donors (Lipinski definition) is 0. The Labute approximate surface area is 186 Å². The first-order valence-electron chi connectivity index (χ1n) is 10.9. The smallest absolute Gasteiger partial charge is 0.245 e. The number of carbonyl (C=O) groups is 1. The zero-order valence-corrected chi connectivity index (χ0v) is 18.4. The van der Waals surface area contributed by atoms with Gasteiger partial charge < -0.3 is 4.84 Å². The molecule has 5 nitrogen and oxygen atoms in total. The molecule has 32 heavy (non-hydrogen) atoms. The number of benzene rings is 1. The number of hydrogen-bond acceptors (Lipinski definition) is 4. The normalized spacial score (nSPS) is 15.1. The molecule has 1 fully saturated rings. The van der Waals surface area contributed by atoms with Crippen molar-refractivity contribution in [2.75, 3.05) is 7.11 Å². The lowest BCUT2D eigenvalue weighted by atomic mass is 9.79. The van der Waals surface area contributed by atoms with E-state index in [0.717, 1.165) is 53.5 Å². The number of halogens is 2. The number of alkyl halides is 2. The summed E-state index contributed by atoms with van der Waals surface area (Å²) in [6.07, 6.45) is 6.82. The quantitative estimate of drug-likeness (QED) is 0.317. The number of pyridine rings is 1. The molecule has 0 amide bonds. The van der Waals surface area contributed by atoms with Crippen LogP contribution in [0.4, 0.5) is 8.78 Å². The molecule has 1 aromatic carbocycles. The second-order valence-corrected chi connectivity index (χ2v) is 8.56. The fourth-order valence-corrected chi connectivity index (χ4v) is 4.01. The molecule has 1 aliphatic rings. The van der Waals surface area contributed by atoms with Crippen molar-refractivity contribution in [3.05, 3.63) is 59.9 Å². The molecule has 0 saturated heterocycles. The molecule has 1 saturated carbocycles. The molecule has 1 aliphatic carbocycles. The summed E-state index contributed by atoms with van der Waals surface area (Å²) in [5, 5.41) is 4.26. The molecule has 3 aromatic rings. The van der Waals surface area contributed by atoms with Gasteiger partial charge in [0.1, 0.15) is 18.5 Å². The Morgan fingerprint density at radius 1 is 1.28 bits per heavy atom. The van der Waals surface area contributed by atoms with Gasteiger partial charge in [0.05, 0.1) is 17.6 Å². The van der Waals surface area contributed by atoms with Crippen LogP contribution in [0.1, 0.15) is 50.2 Å². The van der Waals surface area contributed by atoms with Gasteiger partial charge in [0, 0.05) is 42.5 Å². The molecule has 0 atom stereocenters. The van der Waals surface area contributed by atoms with Gasteiger partial charge in [-0.3, -0.25) is 9.20 Å². The van der Waals surface area contributed by atoms with E-state index < -0.39 is 12.3 Å². The Morgan fingerprint density at radius 2 is 2.09 bits per heavy atom. The van der Waals surface area contributed by atoms with Gasteiger partial charge in [-0.2, -0.15) is 0 Å². The second kappa shape index (κ2) is 9.18. The first kappa shape index (κ1) is 22.1. The van der Waals surface area contributed by atoms with Gasteiger partial charge in [0.25, 0.3) is 0 Å². The van der Waals surface area contributed by atoms with Crippen LogP contribution in [-0.2, 0) is 16.1 Å². The van der Waals surface area contributed by atoms with Crippen molar-refractivity contribution in [1.29, 1.82) is 0 Å². The third kappa shape index (κ3) is 5.03. The van der Waals surface area contributed by atoms with E-state index in [1.807, 2.05) is 47.0 Å². The number of rotatable bonds is 9. The highest BCUT2D eigenvalue weighted by molar-refractivity contribution is 6.03. The third-order valence-corrected chi connectivity index (χ3v) is 5.96. The lowest BCUT2D eigenvalue weighted by Crippen LogP contribution is -2.23. The summed E-state index contributed by atoms with van der Waals surface area (Å²) in [5.41, 5.74) is 5.39. The van der Waals surface area contributed by atoms with E-state index in [1.54, 1.807) is 13.3 Å². The van der Waals surface area contributed by atoms with E-state index in [-0.39, 0.29) is 18.6 Å². The van der Waals surface area contributed by atoms with Crippen molar-refractivity contribution in [3.8, 4) is 11.3 Å². The van der Waals surface area contributed by atoms with Crippen LogP contribution in [-0.4, -0.2) is 33.9 Å². The lowest BCUT2D eigenvalue weighted by Gasteiger charge is -2.26. The molecule has 0 N–H and O–H groups in total. The average molecular weight is 440 g/mol. The summed E-state index contributed by atoms with van der Waals surface area (Å²) in [4.78, 5) is 21.8. The molecule has 7 heteroatoms. The van der Waals surface area contributed by atoms with Crippen LogP contribution in [0.2, 0.25) is 0 Å². The number of oxime groups is 1. The lowest BCUT2D eigenvalue weighted by molar-refractivity contribution is -0.120. The first-order valence-corrected chi connectivity index (χ1v) is 10.9. The van der Waals surface area contributed by atoms with E-state index in [4.69, 9.17) is 4.84 Å². The van der Waals surface area contributed by atoms with Crippen molar-refractivity contribution in [1.82, 2.24) is 9.38 Å². The standard InChI is InChI=1S/C25H27F2N3O2/c1-25(26,27)11-9-21(31)14-17-5-3-8-19(13-17)22-16-28-23-15-20(10-12-30(22)23)24(29-32-2)18-6-4-7-18/h3,5,8,10,12-13,15-16,18H,4,6-7,9,11,14H2,1-2H3. The number of aromatic nitrogens is 2. The number of carbonyl (C=O) groups excluding carboxylic acids is 1. The Hall–Kier alpha value is -3.09. The predicted molar refractivity (Wildman–Crippen MR) is 120 cm³/mol. The molecule has 2 heterocycles. The van der Waals surface area contributed by atoms with Crippen LogP contribution in [0.15, 0.2) is 53.9 Å². The molecule has 0 unspecified atom stereocenters. The third-order valence-electron chi connectivity index (χ3n) is 5.96. The Kier molecular flexibility index (Phi) is 6.35. The number of ketones is 1. The molecule has 0 aliphatic heterocycles. The predicted octanol–water partition coefficient (Wildman–Crippen LogP) is 5.70.